The van der Waals surface area contributed by atoms with E-state index in [1.807, 2.05) is 45.0 Å². The van der Waals surface area contributed by atoms with Crippen LogP contribution in [0.2, 0.25) is 0 Å². The quantitative estimate of drug-likeness (QED) is 0.710. The van der Waals surface area contributed by atoms with Gasteiger partial charge in [0.2, 0.25) is 5.91 Å². The Morgan fingerprint density at radius 3 is 2.50 bits per heavy atom. The van der Waals surface area contributed by atoms with Crippen LogP contribution in [-0.2, 0) is 17.8 Å². The Hall–Kier alpha value is -2.08. The fourth-order valence-corrected chi connectivity index (χ4v) is 2.94. The summed E-state index contributed by atoms with van der Waals surface area (Å²) in [6.45, 7) is 5.99. The highest BCUT2D eigenvalue weighted by molar-refractivity contribution is 9.10. The minimum absolute atomic E-state index is 0.0177. The number of nitrogens with one attached hydrogen (secondary N) is 1. The van der Waals surface area contributed by atoms with Gasteiger partial charge in [0, 0.05) is 22.8 Å². The van der Waals surface area contributed by atoms with E-state index >= 15 is 0 Å². The Bertz CT molecular complexity index is 784. The zero-order chi connectivity index (χ0) is 19.1. The van der Waals surface area contributed by atoms with Crippen molar-refractivity contribution in [3.63, 3.8) is 0 Å². The molecule has 2 rings (SSSR count). The Balaban J connectivity index is 1.80. The normalized spacial score (nSPS) is 12.0. The molecule has 5 nitrogen and oxygen atoms in total. The fraction of sp³-hybridized carbons (Fsp3) is 0.400. The predicted octanol–water partition coefficient (Wildman–Crippen LogP) is 3.54. The lowest BCUT2D eigenvalue weighted by atomic mass is 10.1. The number of carbonyl (C=O) groups is 1. The summed E-state index contributed by atoms with van der Waals surface area (Å²) in [4.78, 5) is 23.9. The van der Waals surface area contributed by atoms with Gasteiger partial charge in [-0.15, -0.1) is 0 Å². The SMILES string of the molecule is CC(CCc1ccc(OC(C)C)cc1)NC(=O)Cn1cc(Br)ccc1=O. The second-order valence-electron chi connectivity index (χ2n) is 6.63. The second-order valence-corrected chi connectivity index (χ2v) is 7.55. The molecule has 1 atom stereocenters. The molecule has 0 spiro atoms. The molecule has 1 aromatic carbocycles. The summed E-state index contributed by atoms with van der Waals surface area (Å²) < 4.78 is 7.79. The Kier molecular flexibility index (Phi) is 7.45. The third kappa shape index (κ3) is 6.67. The maximum atomic E-state index is 12.1. The molecule has 0 bridgehead atoms. The number of halogens is 1. The first kappa shape index (κ1) is 20.2. The van der Waals surface area contributed by atoms with Crippen LogP contribution in [0.5, 0.6) is 5.75 Å². The molecule has 1 unspecified atom stereocenters. The van der Waals surface area contributed by atoms with Gasteiger partial charge in [0.25, 0.3) is 5.56 Å². The van der Waals surface area contributed by atoms with Crippen LogP contribution in [0, 0.1) is 0 Å². The van der Waals surface area contributed by atoms with Gasteiger partial charge in [-0.2, -0.15) is 0 Å². The van der Waals surface area contributed by atoms with Crippen LogP contribution in [0.1, 0.15) is 32.8 Å². The molecule has 0 radical (unpaired) electrons. The van der Waals surface area contributed by atoms with E-state index in [9.17, 15) is 9.59 Å². The van der Waals surface area contributed by atoms with Gasteiger partial charge in [0.15, 0.2) is 0 Å². The van der Waals surface area contributed by atoms with Crippen molar-refractivity contribution in [1.29, 1.82) is 0 Å². The molecule has 0 aliphatic rings. The van der Waals surface area contributed by atoms with Gasteiger partial charge in [-0.25, -0.2) is 0 Å². The van der Waals surface area contributed by atoms with E-state index < -0.39 is 0 Å². The molecule has 1 amide bonds. The number of pyridine rings is 1. The minimum atomic E-state index is -0.195. The molecule has 1 heterocycles. The Morgan fingerprint density at radius 2 is 1.85 bits per heavy atom. The molecule has 6 heteroatoms. The standard InChI is InChI=1S/C20H25BrN2O3/c1-14(2)26-18-9-6-16(7-10-18)5-4-15(3)22-19(24)13-23-12-17(21)8-11-20(23)25/h6-12,14-15H,4-5,13H2,1-3H3,(H,22,24). The van der Waals surface area contributed by atoms with E-state index in [4.69, 9.17) is 4.74 Å². The molecule has 26 heavy (non-hydrogen) atoms. The van der Waals surface area contributed by atoms with Crippen molar-refractivity contribution in [2.24, 2.45) is 0 Å². The lowest BCUT2D eigenvalue weighted by Gasteiger charge is -2.15. The van der Waals surface area contributed by atoms with E-state index in [0.717, 1.165) is 23.1 Å². The summed E-state index contributed by atoms with van der Waals surface area (Å²) in [6.07, 6.45) is 3.46. The number of carbonyl (C=O) groups excluding carboxylic acids is 1. The van der Waals surface area contributed by atoms with Gasteiger partial charge >= 0.3 is 0 Å². The van der Waals surface area contributed by atoms with E-state index in [1.54, 1.807) is 12.3 Å². The molecule has 1 N–H and O–H groups in total. The molecular formula is C20H25BrN2O3. The van der Waals surface area contributed by atoms with Gasteiger partial charge in [0.1, 0.15) is 12.3 Å². The largest absolute Gasteiger partial charge is 0.491 e. The van der Waals surface area contributed by atoms with Crippen molar-refractivity contribution in [1.82, 2.24) is 9.88 Å². The molecule has 0 saturated heterocycles. The molecule has 0 aliphatic heterocycles. The predicted molar refractivity (Wildman–Crippen MR) is 107 cm³/mol. The number of rotatable bonds is 8. The molecular weight excluding hydrogens is 396 g/mol. The number of hydrogen-bond acceptors (Lipinski definition) is 3. The van der Waals surface area contributed by atoms with Gasteiger partial charge in [-0.05, 0) is 73.3 Å². The summed E-state index contributed by atoms with van der Waals surface area (Å²) >= 11 is 3.31. The first-order valence-electron chi connectivity index (χ1n) is 8.74. The fourth-order valence-electron chi connectivity index (χ4n) is 2.56. The first-order valence-corrected chi connectivity index (χ1v) is 9.53. The average molecular weight is 421 g/mol. The first-order chi connectivity index (χ1) is 12.3. The molecule has 0 fully saturated rings. The minimum Gasteiger partial charge on any atom is -0.491 e. The molecule has 140 valence electrons. The van der Waals surface area contributed by atoms with Crippen molar-refractivity contribution in [2.45, 2.75) is 52.3 Å². The number of nitrogens with zero attached hydrogens (tertiary/aromatic N) is 1. The van der Waals surface area contributed by atoms with E-state index in [1.165, 1.54) is 16.2 Å². The van der Waals surface area contributed by atoms with Gasteiger partial charge in [-0.3, -0.25) is 9.59 Å². The van der Waals surface area contributed by atoms with Gasteiger partial charge in [-0.1, -0.05) is 12.1 Å². The maximum absolute atomic E-state index is 12.1. The summed E-state index contributed by atoms with van der Waals surface area (Å²) in [7, 11) is 0. The average Bonchev–Trinajstić information content (AvgIpc) is 2.57. The molecule has 0 aliphatic carbocycles. The summed E-state index contributed by atoms with van der Waals surface area (Å²) in [6, 6.07) is 11.2. The highest BCUT2D eigenvalue weighted by Crippen LogP contribution is 2.15. The van der Waals surface area contributed by atoms with Crippen LogP contribution >= 0.6 is 15.9 Å². The number of aryl methyl sites for hydroxylation is 1. The van der Waals surface area contributed by atoms with Crippen LogP contribution in [0.25, 0.3) is 0 Å². The third-order valence-electron chi connectivity index (χ3n) is 3.83. The van der Waals surface area contributed by atoms with Crippen LogP contribution in [-0.4, -0.2) is 22.6 Å². The lowest BCUT2D eigenvalue weighted by molar-refractivity contribution is -0.122. The number of aromatic nitrogens is 1. The van der Waals surface area contributed by atoms with Gasteiger partial charge < -0.3 is 14.6 Å². The zero-order valence-corrected chi connectivity index (χ0v) is 17.0. The van der Waals surface area contributed by atoms with Crippen LogP contribution in [0.15, 0.2) is 51.9 Å². The van der Waals surface area contributed by atoms with Crippen LogP contribution in [0.3, 0.4) is 0 Å². The number of benzene rings is 1. The van der Waals surface area contributed by atoms with Crippen molar-refractivity contribution in [3.05, 3.63) is 63.0 Å². The second kappa shape index (κ2) is 9.57. The van der Waals surface area contributed by atoms with Crippen molar-refractivity contribution < 1.29 is 9.53 Å². The summed E-state index contributed by atoms with van der Waals surface area (Å²) in [5.41, 5.74) is 1.00. The smallest absolute Gasteiger partial charge is 0.251 e. The van der Waals surface area contributed by atoms with Crippen molar-refractivity contribution >= 4 is 21.8 Å². The van der Waals surface area contributed by atoms with E-state index in [2.05, 4.69) is 21.2 Å². The van der Waals surface area contributed by atoms with Crippen molar-refractivity contribution in [2.75, 3.05) is 0 Å². The molecule has 1 aromatic heterocycles. The number of ether oxygens (including phenoxy) is 1. The maximum Gasteiger partial charge on any atom is 0.251 e. The summed E-state index contributed by atoms with van der Waals surface area (Å²) in [5.74, 6) is 0.697. The molecule has 2 aromatic rings. The van der Waals surface area contributed by atoms with Gasteiger partial charge in [0.05, 0.1) is 6.10 Å². The highest BCUT2D eigenvalue weighted by Gasteiger charge is 2.09. The van der Waals surface area contributed by atoms with E-state index in [-0.39, 0.29) is 30.2 Å². The third-order valence-corrected chi connectivity index (χ3v) is 4.30. The number of hydrogen-bond donors (Lipinski definition) is 1. The molecule has 0 saturated carbocycles. The van der Waals surface area contributed by atoms with E-state index in [0.29, 0.717) is 0 Å². The Labute approximate surface area is 162 Å². The zero-order valence-electron chi connectivity index (χ0n) is 15.4. The van der Waals surface area contributed by atoms with Crippen molar-refractivity contribution in [3.8, 4) is 5.75 Å². The lowest BCUT2D eigenvalue weighted by Crippen LogP contribution is -2.37. The Morgan fingerprint density at radius 1 is 1.15 bits per heavy atom. The van der Waals surface area contributed by atoms with Crippen LogP contribution < -0.4 is 15.6 Å². The monoisotopic (exact) mass is 420 g/mol. The summed E-state index contributed by atoms with van der Waals surface area (Å²) in [5, 5.41) is 2.94. The van der Waals surface area contributed by atoms with Crippen LogP contribution in [0.4, 0.5) is 0 Å². The number of amides is 1. The highest BCUT2D eigenvalue weighted by atomic mass is 79.9. The topological polar surface area (TPSA) is 60.3 Å².